The van der Waals surface area contributed by atoms with E-state index in [1.165, 1.54) is 11.8 Å². The summed E-state index contributed by atoms with van der Waals surface area (Å²) in [5.74, 6) is 1.77. The van der Waals surface area contributed by atoms with Crippen molar-refractivity contribution >= 4 is 34.6 Å². The minimum Gasteiger partial charge on any atom is -0.355 e. The standard InChI is InChI=1S/C17H24N4O2S/c1-3-12(2)19-16(22)8-9-18-17(23)11-24-10-15-20-13-6-4-5-7-14(13)21-15/h4-7,12H,3,8-11H2,1-2H3,(H,18,23)(H,19,22)(H,20,21)/t12-/m0/s1. The number of thioether (sulfide) groups is 1. The minimum atomic E-state index is -0.0625. The van der Waals surface area contributed by atoms with Crippen molar-refractivity contribution in [3.8, 4) is 0 Å². The maximum atomic E-state index is 11.8. The summed E-state index contributed by atoms with van der Waals surface area (Å²) in [5, 5.41) is 5.64. The Kier molecular flexibility index (Phi) is 7.11. The molecule has 0 bridgehead atoms. The summed E-state index contributed by atoms with van der Waals surface area (Å²) in [4.78, 5) is 31.1. The van der Waals surface area contributed by atoms with Gasteiger partial charge in [-0.25, -0.2) is 4.98 Å². The molecule has 24 heavy (non-hydrogen) atoms. The van der Waals surface area contributed by atoms with Crippen molar-refractivity contribution in [2.24, 2.45) is 0 Å². The third kappa shape index (κ3) is 5.88. The number of nitrogens with zero attached hydrogens (tertiary/aromatic N) is 1. The molecule has 0 fully saturated rings. The fourth-order valence-electron chi connectivity index (χ4n) is 2.13. The first-order valence-corrected chi connectivity index (χ1v) is 9.31. The lowest BCUT2D eigenvalue weighted by molar-refractivity contribution is -0.122. The number of hydrogen-bond acceptors (Lipinski definition) is 4. The molecule has 2 aromatic rings. The van der Waals surface area contributed by atoms with Gasteiger partial charge in [-0.1, -0.05) is 19.1 Å². The van der Waals surface area contributed by atoms with Crippen LogP contribution in [0.1, 0.15) is 32.5 Å². The zero-order chi connectivity index (χ0) is 17.4. The molecule has 2 rings (SSSR count). The van der Waals surface area contributed by atoms with Gasteiger partial charge in [-0.15, -0.1) is 11.8 Å². The second-order valence-corrected chi connectivity index (χ2v) is 6.66. The van der Waals surface area contributed by atoms with Crippen LogP contribution in [0.2, 0.25) is 0 Å². The Morgan fingerprint density at radius 2 is 2.08 bits per heavy atom. The molecule has 1 aromatic carbocycles. The third-order valence-electron chi connectivity index (χ3n) is 3.60. The second-order valence-electron chi connectivity index (χ2n) is 5.67. The molecule has 2 amide bonds. The highest BCUT2D eigenvalue weighted by molar-refractivity contribution is 7.99. The molecule has 0 saturated carbocycles. The van der Waals surface area contributed by atoms with Crippen molar-refractivity contribution in [2.45, 2.75) is 38.5 Å². The number of hydrogen-bond donors (Lipinski definition) is 3. The smallest absolute Gasteiger partial charge is 0.230 e. The number of benzene rings is 1. The summed E-state index contributed by atoms with van der Waals surface area (Å²) in [6, 6.07) is 8.02. The number of aromatic amines is 1. The van der Waals surface area contributed by atoms with Gasteiger partial charge in [-0.2, -0.15) is 0 Å². The van der Waals surface area contributed by atoms with Crippen LogP contribution < -0.4 is 10.6 Å². The van der Waals surface area contributed by atoms with E-state index in [4.69, 9.17) is 0 Å². The fraction of sp³-hybridized carbons (Fsp3) is 0.471. The molecular formula is C17H24N4O2S. The number of carbonyl (C=O) groups is 2. The fourth-order valence-corrected chi connectivity index (χ4v) is 2.85. The third-order valence-corrected chi connectivity index (χ3v) is 4.55. The van der Waals surface area contributed by atoms with E-state index in [-0.39, 0.29) is 17.9 Å². The van der Waals surface area contributed by atoms with Crippen LogP contribution in [0.3, 0.4) is 0 Å². The molecule has 0 aliphatic heterocycles. The predicted molar refractivity (Wildman–Crippen MR) is 97.8 cm³/mol. The first kappa shape index (κ1) is 18.3. The van der Waals surface area contributed by atoms with Crippen molar-refractivity contribution in [3.63, 3.8) is 0 Å². The van der Waals surface area contributed by atoms with Gasteiger partial charge >= 0.3 is 0 Å². The van der Waals surface area contributed by atoms with Crippen LogP contribution in [0.25, 0.3) is 11.0 Å². The van der Waals surface area contributed by atoms with E-state index >= 15 is 0 Å². The Morgan fingerprint density at radius 1 is 1.29 bits per heavy atom. The monoisotopic (exact) mass is 348 g/mol. The van der Waals surface area contributed by atoms with Crippen molar-refractivity contribution in [2.75, 3.05) is 12.3 Å². The van der Waals surface area contributed by atoms with Crippen LogP contribution in [-0.4, -0.2) is 40.1 Å². The number of para-hydroxylation sites is 2. The van der Waals surface area contributed by atoms with Gasteiger partial charge in [0.1, 0.15) is 5.82 Å². The maximum absolute atomic E-state index is 11.8. The zero-order valence-electron chi connectivity index (χ0n) is 14.1. The summed E-state index contributed by atoms with van der Waals surface area (Å²) in [6.07, 6.45) is 1.21. The largest absolute Gasteiger partial charge is 0.355 e. The molecule has 0 radical (unpaired) electrons. The number of fused-ring (bicyclic) bond motifs is 1. The Balaban J connectivity index is 1.62. The quantitative estimate of drug-likeness (QED) is 0.648. The molecule has 7 heteroatoms. The first-order valence-electron chi connectivity index (χ1n) is 8.16. The highest BCUT2D eigenvalue weighted by Gasteiger charge is 2.08. The molecule has 130 valence electrons. The highest BCUT2D eigenvalue weighted by Crippen LogP contribution is 2.14. The van der Waals surface area contributed by atoms with Gasteiger partial charge in [0.05, 0.1) is 22.5 Å². The van der Waals surface area contributed by atoms with Crippen LogP contribution in [0.15, 0.2) is 24.3 Å². The van der Waals surface area contributed by atoms with E-state index in [9.17, 15) is 9.59 Å². The van der Waals surface area contributed by atoms with Crippen LogP contribution in [0.4, 0.5) is 0 Å². The highest BCUT2D eigenvalue weighted by atomic mass is 32.2. The molecule has 0 unspecified atom stereocenters. The lowest BCUT2D eigenvalue weighted by Crippen LogP contribution is -2.35. The van der Waals surface area contributed by atoms with Crippen molar-refractivity contribution in [1.29, 1.82) is 0 Å². The van der Waals surface area contributed by atoms with E-state index in [0.717, 1.165) is 23.3 Å². The summed E-state index contributed by atoms with van der Waals surface area (Å²) in [5.41, 5.74) is 1.94. The van der Waals surface area contributed by atoms with Crippen LogP contribution >= 0.6 is 11.8 Å². The normalized spacial score (nSPS) is 12.1. The van der Waals surface area contributed by atoms with Crippen LogP contribution in [0.5, 0.6) is 0 Å². The Bertz CT molecular complexity index is 653. The Hall–Kier alpha value is -2.02. The summed E-state index contributed by atoms with van der Waals surface area (Å²) < 4.78 is 0. The number of rotatable bonds is 9. The Morgan fingerprint density at radius 3 is 2.83 bits per heavy atom. The van der Waals surface area contributed by atoms with E-state index in [1.807, 2.05) is 38.1 Å². The Labute approximate surface area is 146 Å². The SMILES string of the molecule is CC[C@H](C)NC(=O)CCNC(=O)CSCc1nc2ccccc2[nH]1. The molecule has 1 heterocycles. The first-order chi connectivity index (χ1) is 11.6. The summed E-state index contributed by atoms with van der Waals surface area (Å²) >= 11 is 1.50. The van der Waals surface area contributed by atoms with Crippen molar-refractivity contribution < 1.29 is 9.59 Å². The van der Waals surface area contributed by atoms with Gasteiger partial charge in [0.25, 0.3) is 0 Å². The number of carbonyl (C=O) groups excluding carboxylic acids is 2. The maximum Gasteiger partial charge on any atom is 0.230 e. The van der Waals surface area contributed by atoms with Gasteiger partial charge in [0.15, 0.2) is 0 Å². The van der Waals surface area contributed by atoms with E-state index in [0.29, 0.717) is 24.5 Å². The number of aromatic nitrogens is 2. The van der Waals surface area contributed by atoms with Gasteiger partial charge in [-0.3, -0.25) is 9.59 Å². The number of amides is 2. The van der Waals surface area contributed by atoms with Crippen molar-refractivity contribution in [1.82, 2.24) is 20.6 Å². The van der Waals surface area contributed by atoms with Gasteiger partial charge < -0.3 is 15.6 Å². The van der Waals surface area contributed by atoms with Gasteiger partial charge in [0.2, 0.25) is 11.8 Å². The molecule has 1 aromatic heterocycles. The molecule has 6 nitrogen and oxygen atoms in total. The van der Waals surface area contributed by atoms with E-state index in [2.05, 4.69) is 20.6 Å². The molecule has 0 aliphatic carbocycles. The summed E-state index contributed by atoms with van der Waals surface area (Å²) in [6.45, 7) is 4.35. The van der Waals surface area contributed by atoms with Crippen LogP contribution in [0, 0.1) is 0 Å². The van der Waals surface area contributed by atoms with E-state index < -0.39 is 0 Å². The average molecular weight is 348 g/mol. The molecule has 0 saturated heterocycles. The second kappa shape index (κ2) is 9.32. The lowest BCUT2D eigenvalue weighted by Gasteiger charge is -2.11. The summed E-state index contributed by atoms with van der Waals surface area (Å²) in [7, 11) is 0. The van der Waals surface area contributed by atoms with Crippen molar-refractivity contribution in [3.05, 3.63) is 30.1 Å². The molecule has 0 spiro atoms. The predicted octanol–water partition coefficient (Wildman–Crippen LogP) is 2.22. The van der Waals surface area contributed by atoms with Gasteiger partial charge in [0, 0.05) is 19.0 Å². The lowest BCUT2D eigenvalue weighted by atomic mass is 10.2. The molecular weight excluding hydrogens is 324 g/mol. The molecule has 1 atom stereocenters. The van der Waals surface area contributed by atoms with Gasteiger partial charge in [-0.05, 0) is 25.5 Å². The number of imidazole rings is 1. The number of H-pyrrole nitrogens is 1. The average Bonchev–Trinajstić information content (AvgIpc) is 2.97. The van der Waals surface area contributed by atoms with E-state index in [1.54, 1.807) is 0 Å². The zero-order valence-corrected chi connectivity index (χ0v) is 14.9. The molecule has 0 aliphatic rings. The van der Waals surface area contributed by atoms with Crippen LogP contribution in [-0.2, 0) is 15.3 Å². The topological polar surface area (TPSA) is 86.9 Å². The molecule has 3 N–H and O–H groups in total. The number of nitrogens with one attached hydrogen (secondary N) is 3. The minimum absolute atomic E-state index is 0.0282.